The van der Waals surface area contributed by atoms with Crippen LogP contribution >= 0.6 is 31.9 Å². The van der Waals surface area contributed by atoms with Gasteiger partial charge in [0.2, 0.25) is 10.0 Å². The number of rotatable bonds is 4. The number of hydrogen-bond donors (Lipinski definition) is 0. The molecule has 1 aliphatic heterocycles. The number of benzene rings is 1. The Kier molecular flexibility index (Phi) is 5.91. The zero-order chi connectivity index (χ0) is 15.6. The molecule has 0 spiro atoms. The summed E-state index contributed by atoms with van der Waals surface area (Å²) in [6, 6.07) is 3.55. The molecular formula is C15H21Br2NO2S. The van der Waals surface area contributed by atoms with E-state index >= 15 is 0 Å². The van der Waals surface area contributed by atoms with Crippen LogP contribution < -0.4 is 0 Å². The first-order chi connectivity index (χ1) is 9.86. The lowest BCUT2D eigenvalue weighted by molar-refractivity contribution is 0.262. The van der Waals surface area contributed by atoms with Crippen LogP contribution in [0.5, 0.6) is 0 Å². The third-order valence-electron chi connectivity index (χ3n) is 4.10. The van der Waals surface area contributed by atoms with E-state index in [1.165, 1.54) is 12.8 Å². The number of piperidine rings is 1. The molecule has 21 heavy (non-hydrogen) atoms. The summed E-state index contributed by atoms with van der Waals surface area (Å²) in [6.45, 7) is 5.39. The van der Waals surface area contributed by atoms with E-state index in [-0.39, 0.29) is 0 Å². The van der Waals surface area contributed by atoms with Crippen molar-refractivity contribution in [1.29, 1.82) is 0 Å². The van der Waals surface area contributed by atoms with Gasteiger partial charge in [0.05, 0.1) is 4.90 Å². The lowest BCUT2D eigenvalue weighted by Gasteiger charge is -2.31. The van der Waals surface area contributed by atoms with Crippen LogP contribution in [0.1, 0.15) is 38.2 Å². The molecule has 0 radical (unpaired) electrons. The van der Waals surface area contributed by atoms with E-state index in [1.807, 2.05) is 13.0 Å². The second-order valence-electron chi connectivity index (χ2n) is 5.67. The highest BCUT2D eigenvalue weighted by atomic mass is 79.9. The first-order valence-corrected chi connectivity index (χ1v) is 10.3. The van der Waals surface area contributed by atoms with Crippen LogP contribution in [0.2, 0.25) is 0 Å². The Morgan fingerprint density at radius 1 is 1.19 bits per heavy atom. The van der Waals surface area contributed by atoms with Gasteiger partial charge in [-0.1, -0.05) is 35.7 Å². The predicted octanol–water partition coefficient (Wildman–Crippen LogP) is 4.72. The summed E-state index contributed by atoms with van der Waals surface area (Å²) in [4.78, 5) is 0.355. The molecule has 6 heteroatoms. The molecule has 1 aromatic rings. The second-order valence-corrected chi connectivity index (χ2v) is 9.28. The highest BCUT2D eigenvalue weighted by Crippen LogP contribution is 2.33. The van der Waals surface area contributed by atoms with Crippen molar-refractivity contribution in [1.82, 2.24) is 4.31 Å². The zero-order valence-corrected chi connectivity index (χ0v) is 16.4. The molecule has 0 unspecified atom stereocenters. The number of aryl methyl sites for hydroxylation is 1. The first-order valence-electron chi connectivity index (χ1n) is 7.32. The van der Waals surface area contributed by atoms with Crippen LogP contribution in [0.3, 0.4) is 0 Å². The largest absolute Gasteiger partial charge is 0.244 e. The molecule has 118 valence electrons. The van der Waals surface area contributed by atoms with Crippen LogP contribution in [-0.2, 0) is 10.0 Å². The van der Waals surface area contributed by atoms with Crippen LogP contribution in [0.4, 0.5) is 0 Å². The van der Waals surface area contributed by atoms with Crippen LogP contribution in [0, 0.1) is 12.8 Å². The van der Waals surface area contributed by atoms with Crippen molar-refractivity contribution in [2.24, 2.45) is 5.92 Å². The van der Waals surface area contributed by atoms with Crippen molar-refractivity contribution in [3.05, 3.63) is 26.6 Å². The van der Waals surface area contributed by atoms with E-state index in [1.54, 1.807) is 10.4 Å². The molecule has 1 aliphatic rings. The van der Waals surface area contributed by atoms with E-state index in [2.05, 4.69) is 38.8 Å². The van der Waals surface area contributed by atoms with Crippen LogP contribution in [-0.4, -0.2) is 25.8 Å². The van der Waals surface area contributed by atoms with Crippen LogP contribution in [0.25, 0.3) is 0 Å². The van der Waals surface area contributed by atoms with Gasteiger partial charge >= 0.3 is 0 Å². The second kappa shape index (κ2) is 7.11. The minimum absolute atomic E-state index is 0.355. The number of hydrogen-bond acceptors (Lipinski definition) is 2. The fourth-order valence-electron chi connectivity index (χ4n) is 2.81. The molecule has 0 atom stereocenters. The highest BCUT2D eigenvalue weighted by molar-refractivity contribution is 9.11. The third-order valence-corrected chi connectivity index (χ3v) is 7.81. The topological polar surface area (TPSA) is 37.4 Å². The van der Waals surface area contributed by atoms with Crippen molar-refractivity contribution >= 4 is 41.9 Å². The molecule has 1 saturated heterocycles. The summed E-state index contributed by atoms with van der Waals surface area (Å²) in [5.74, 6) is 0.676. The van der Waals surface area contributed by atoms with E-state index in [4.69, 9.17) is 0 Å². The summed E-state index contributed by atoms with van der Waals surface area (Å²) < 4.78 is 28.7. The molecule has 0 amide bonds. The fourth-order valence-corrected chi connectivity index (χ4v) is 5.92. The van der Waals surface area contributed by atoms with Gasteiger partial charge in [-0.2, -0.15) is 4.31 Å². The lowest BCUT2D eigenvalue weighted by Crippen LogP contribution is -2.38. The van der Waals surface area contributed by atoms with E-state index in [9.17, 15) is 8.42 Å². The standard InChI is InChI=1S/C15H21Br2NO2S/c1-3-4-12-5-7-18(8-6-12)21(19,20)15-10-13(16)11(2)9-14(15)17/h9-10,12H,3-8H2,1-2H3. The van der Waals surface area contributed by atoms with Crippen molar-refractivity contribution in [2.75, 3.05) is 13.1 Å². The van der Waals surface area contributed by atoms with Gasteiger partial charge in [-0.25, -0.2) is 8.42 Å². The van der Waals surface area contributed by atoms with Gasteiger partial charge in [0.1, 0.15) is 0 Å². The minimum atomic E-state index is -3.41. The molecule has 0 aliphatic carbocycles. The van der Waals surface area contributed by atoms with Crippen molar-refractivity contribution in [3.63, 3.8) is 0 Å². The van der Waals surface area contributed by atoms with Crippen LogP contribution in [0.15, 0.2) is 26.0 Å². The Morgan fingerprint density at radius 3 is 2.38 bits per heavy atom. The number of halogens is 2. The van der Waals surface area contributed by atoms with Gasteiger partial charge in [0.15, 0.2) is 0 Å². The molecule has 0 bridgehead atoms. The maximum Gasteiger partial charge on any atom is 0.244 e. The van der Waals surface area contributed by atoms with E-state index in [0.717, 1.165) is 22.9 Å². The smallest absolute Gasteiger partial charge is 0.207 e. The average molecular weight is 439 g/mol. The SMILES string of the molecule is CCCC1CCN(S(=O)(=O)c2cc(Br)c(C)cc2Br)CC1. The molecule has 1 aromatic carbocycles. The molecule has 0 N–H and O–H groups in total. The van der Waals surface area contributed by atoms with Gasteiger partial charge < -0.3 is 0 Å². The average Bonchev–Trinajstić information content (AvgIpc) is 2.43. The Labute approximate surface area is 144 Å². The third kappa shape index (κ3) is 3.89. The summed E-state index contributed by atoms with van der Waals surface area (Å²) in [5, 5.41) is 0. The molecule has 3 nitrogen and oxygen atoms in total. The number of sulfonamides is 1. The summed E-state index contributed by atoms with van der Waals surface area (Å²) >= 11 is 6.82. The Bertz CT molecular complexity index is 608. The summed E-state index contributed by atoms with van der Waals surface area (Å²) in [7, 11) is -3.41. The zero-order valence-electron chi connectivity index (χ0n) is 12.4. The lowest BCUT2D eigenvalue weighted by atomic mass is 9.94. The van der Waals surface area contributed by atoms with Gasteiger partial charge in [-0.3, -0.25) is 0 Å². The summed E-state index contributed by atoms with van der Waals surface area (Å²) in [5.41, 5.74) is 1.02. The fraction of sp³-hybridized carbons (Fsp3) is 0.600. The van der Waals surface area contributed by atoms with Crippen molar-refractivity contribution in [2.45, 2.75) is 44.4 Å². The maximum absolute atomic E-state index is 12.8. The molecule has 2 rings (SSSR count). The predicted molar refractivity (Wildman–Crippen MR) is 93.0 cm³/mol. The first kappa shape index (κ1) is 17.4. The monoisotopic (exact) mass is 437 g/mol. The normalized spacial score (nSPS) is 18.1. The maximum atomic E-state index is 12.8. The Balaban J connectivity index is 2.22. The van der Waals surface area contributed by atoms with Gasteiger partial charge in [-0.05, 0) is 59.3 Å². The van der Waals surface area contributed by atoms with Gasteiger partial charge in [0.25, 0.3) is 0 Å². The highest BCUT2D eigenvalue weighted by Gasteiger charge is 2.30. The summed E-state index contributed by atoms with van der Waals surface area (Å²) in [6.07, 6.45) is 4.32. The molecular weight excluding hydrogens is 418 g/mol. The Morgan fingerprint density at radius 2 is 1.81 bits per heavy atom. The van der Waals surface area contributed by atoms with Gasteiger partial charge in [0, 0.05) is 22.0 Å². The van der Waals surface area contributed by atoms with Crippen molar-refractivity contribution < 1.29 is 8.42 Å². The number of nitrogens with zero attached hydrogens (tertiary/aromatic N) is 1. The molecule has 1 fully saturated rings. The van der Waals surface area contributed by atoms with Crippen molar-refractivity contribution in [3.8, 4) is 0 Å². The van der Waals surface area contributed by atoms with Gasteiger partial charge in [-0.15, -0.1) is 0 Å². The molecule has 0 saturated carbocycles. The molecule has 1 heterocycles. The quantitative estimate of drug-likeness (QED) is 0.681. The van der Waals surface area contributed by atoms with E-state index in [0.29, 0.717) is 28.4 Å². The molecule has 0 aromatic heterocycles. The van der Waals surface area contributed by atoms with E-state index < -0.39 is 10.0 Å². The minimum Gasteiger partial charge on any atom is -0.207 e. The Hall–Kier alpha value is 0.0900.